The second kappa shape index (κ2) is 6.64. The molecular formula is C21H13F3N6O3. The Morgan fingerprint density at radius 3 is 2.79 bits per heavy atom. The van der Waals surface area contributed by atoms with Crippen LogP contribution in [0, 0.1) is 0 Å². The molecule has 33 heavy (non-hydrogen) atoms. The third-order valence-corrected chi connectivity index (χ3v) is 5.86. The maximum atomic E-state index is 13.3. The largest absolute Gasteiger partial charge is 0.437 e. The molecule has 0 amide bonds. The van der Waals surface area contributed by atoms with Crippen molar-refractivity contribution in [3.05, 3.63) is 80.5 Å². The Bertz CT molecular complexity index is 1660. The highest BCUT2D eigenvalue weighted by Crippen LogP contribution is 2.56. The maximum Gasteiger partial charge on any atom is 0.437 e. The number of benzene rings is 1. The number of imidazole rings is 1. The first-order chi connectivity index (χ1) is 15.8. The minimum absolute atomic E-state index is 0.0369. The number of aromatic amines is 2. The summed E-state index contributed by atoms with van der Waals surface area (Å²) in [5.74, 6) is -0.0832. The fourth-order valence-electron chi connectivity index (χ4n) is 4.24. The zero-order valence-corrected chi connectivity index (χ0v) is 16.6. The SMILES string of the molecule is O=c1[nH]cc(-c2cc([C@H]3C[C@@H]3c3ccc4onc(C(F)(F)F)c4c3)c3nccn3n2)c(=O)[nH]1. The van der Waals surface area contributed by atoms with Gasteiger partial charge in [0.25, 0.3) is 5.56 Å². The number of rotatable bonds is 3. The summed E-state index contributed by atoms with van der Waals surface area (Å²) in [4.78, 5) is 32.6. The first-order valence-electron chi connectivity index (χ1n) is 9.93. The summed E-state index contributed by atoms with van der Waals surface area (Å²) in [5.41, 5.74) is 0.469. The van der Waals surface area contributed by atoms with Crippen molar-refractivity contribution in [1.29, 1.82) is 0 Å². The van der Waals surface area contributed by atoms with E-state index in [2.05, 4.69) is 25.2 Å². The van der Waals surface area contributed by atoms with Crippen molar-refractivity contribution in [2.75, 3.05) is 0 Å². The predicted molar refractivity (Wildman–Crippen MR) is 109 cm³/mol. The Hall–Kier alpha value is -4.22. The molecule has 0 bridgehead atoms. The zero-order chi connectivity index (χ0) is 22.9. The van der Waals surface area contributed by atoms with Crippen molar-refractivity contribution in [3.63, 3.8) is 0 Å². The van der Waals surface area contributed by atoms with Gasteiger partial charge < -0.3 is 9.51 Å². The number of hydrogen-bond acceptors (Lipinski definition) is 6. The lowest BCUT2D eigenvalue weighted by Gasteiger charge is -2.08. The number of H-pyrrole nitrogens is 2. The van der Waals surface area contributed by atoms with Crippen molar-refractivity contribution in [3.8, 4) is 11.3 Å². The van der Waals surface area contributed by atoms with Gasteiger partial charge in [0.15, 0.2) is 16.9 Å². The molecule has 1 saturated carbocycles. The van der Waals surface area contributed by atoms with E-state index in [4.69, 9.17) is 4.52 Å². The van der Waals surface area contributed by atoms with Gasteiger partial charge in [-0.1, -0.05) is 11.2 Å². The number of nitrogens with one attached hydrogen (secondary N) is 2. The molecule has 1 aliphatic carbocycles. The normalized spacial score (nSPS) is 18.3. The number of alkyl halides is 3. The van der Waals surface area contributed by atoms with Gasteiger partial charge in [-0.2, -0.15) is 18.3 Å². The van der Waals surface area contributed by atoms with E-state index in [1.54, 1.807) is 24.5 Å². The van der Waals surface area contributed by atoms with E-state index in [0.717, 1.165) is 11.1 Å². The minimum atomic E-state index is -4.61. The second-order valence-electron chi connectivity index (χ2n) is 7.90. The van der Waals surface area contributed by atoms with Crippen molar-refractivity contribution < 1.29 is 17.7 Å². The smallest absolute Gasteiger partial charge is 0.356 e. The lowest BCUT2D eigenvalue weighted by molar-refractivity contribution is -0.141. The van der Waals surface area contributed by atoms with E-state index in [-0.39, 0.29) is 28.4 Å². The molecule has 1 aromatic carbocycles. The van der Waals surface area contributed by atoms with Crippen LogP contribution < -0.4 is 11.2 Å². The average Bonchev–Trinajstić information content (AvgIpc) is 3.20. The van der Waals surface area contributed by atoms with Crippen molar-refractivity contribution >= 4 is 16.6 Å². The van der Waals surface area contributed by atoms with Gasteiger partial charge in [-0.25, -0.2) is 14.3 Å². The molecule has 6 rings (SSSR count). The van der Waals surface area contributed by atoms with Crippen LogP contribution in [0.25, 0.3) is 27.9 Å². The monoisotopic (exact) mass is 454 g/mol. The standard InChI is InChI=1S/C21H13F3N6O3/c22-21(23,24)17-13-5-9(1-2-16(13)33-29-17)10-6-11(10)12-7-15(28-30-4-3-25-18(12)30)14-8-26-20(32)27-19(14)31/h1-5,7-8,10-11H,6H2,(H2,26,27,31,32)/t10-,11+/m1/s1. The molecule has 0 saturated heterocycles. The molecule has 0 radical (unpaired) electrons. The lowest BCUT2D eigenvalue weighted by Crippen LogP contribution is -2.23. The quantitative estimate of drug-likeness (QED) is 0.432. The number of fused-ring (bicyclic) bond motifs is 2. The molecule has 4 aromatic heterocycles. The number of nitrogens with zero attached hydrogens (tertiary/aromatic N) is 4. The molecule has 0 unspecified atom stereocenters. The molecule has 166 valence electrons. The molecule has 0 aliphatic heterocycles. The Kier molecular flexibility index (Phi) is 3.92. The van der Waals surface area contributed by atoms with E-state index in [1.807, 2.05) is 0 Å². The van der Waals surface area contributed by atoms with Gasteiger partial charge in [0.05, 0.1) is 16.6 Å². The Morgan fingerprint density at radius 1 is 1.15 bits per heavy atom. The first kappa shape index (κ1) is 19.5. The lowest BCUT2D eigenvalue weighted by atomic mass is 10.0. The van der Waals surface area contributed by atoms with Crippen molar-refractivity contribution in [2.24, 2.45) is 0 Å². The molecule has 2 N–H and O–H groups in total. The van der Waals surface area contributed by atoms with Gasteiger partial charge in [-0.15, -0.1) is 0 Å². The van der Waals surface area contributed by atoms with Gasteiger partial charge in [-0.3, -0.25) is 9.78 Å². The molecule has 12 heteroatoms. The number of hydrogen-bond donors (Lipinski definition) is 2. The van der Waals surface area contributed by atoms with E-state index in [0.29, 0.717) is 17.8 Å². The van der Waals surface area contributed by atoms with Crippen LogP contribution in [0.5, 0.6) is 0 Å². The third kappa shape index (κ3) is 3.13. The Balaban J connectivity index is 1.42. The molecule has 9 nitrogen and oxygen atoms in total. The molecule has 5 aromatic rings. The van der Waals surface area contributed by atoms with Gasteiger partial charge in [0, 0.05) is 24.2 Å². The van der Waals surface area contributed by atoms with Crippen LogP contribution in [0.15, 0.2) is 57.0 Å². The number of aromatic nitrogens is 6. The third-order valence-electron chi connectivity index (χ3n) is 5.86. The van der Waals surface area contributed by atoms with E-state index >= 15 is 0 Å². The average molecular weight is 454 g/mol. The molecule has 1 aliphatic rings. The minimum Gasteiger partial charge on any atom is -0.356 e. The highest BCUT2D eigenvalue weighted by Gasteiger charge is 2.43. The summed E-state index contributed by atoms with van der Waals surface area (Å²) in [5, 5.41) is 7.51. The van der Waals surface area contributed by atoms with Crippen molar-refractivity contribution in [1.82, 2.24) is 29.7 Å². The van der Waals surface area contributed by atoms with Gasteiger partial charge in [0.1, 0.15) is 0 Å². The van der Waals surface area contributed by atoms with Gasteiger partial charge >= 0.3 is 11.9 Å². The Morgan fingerprint density at radius 2 is 2.00 bits per heavy atom. The summed E-state index contributed by atoms with van der Waals surface area (Å²) >= 11 is 0. The maximum absolute atomic E-state index is 13.3. The highest BCUT2D eigenvalue weighted by molar-refractivity contribution is 5.81. The highest BCUT2D eigenvalue weighted by atomic mass is 19.4. The summed E-state index contributed by atoms with van der Waals surface area (Å²) in [7, 11) is 0. The first-order valence-corrected chi connectivity index (χ1v) is 9.93. The van der Waals surface area contributed by atoms with Crippen LogP contribution in [-0.4, -0.2) is 29.7 Å². The molecular weight excluding hydrogens is 441 g/mol. The van der Waals surface area contributed by atoms with Crippen LogP contribution in [-0.2, 0) is 6.18 Å². The van der Waals surface area contributed by atoms with Crippen LogP contribution in [0.4, 0.5) is 13.2 Å². The van der Waals surface area contributed by atoms with E-state index in [1.165, 1.54) is 22.8 Å². The fraction of sp³-hybridized carbons (Fsp3) is 0.190. The van der Waals surface area contributed by atoms with E-state index < -0.39 is 23.1 Å². The zero-order valence-electron chi connectivity index (χ0n) is 16.6. The van der Waals surface area contributed by atoms with E-state index in [9.17, 15) is 22.8 Å². The van der Waals surface area contributed by atoms with Crippen LogP contribution >= 0.6 is 0 Å². The summed E-state index contributed by atoms with van der Waals surface area (Å²) < 4.78 is 46.1. The summed E-state index contributed by atoms with van der Waals surface area (Å²) in [6.07, 6.45) is 0.574. The Labute approximate surface area is 180 Å². The molecule has 1 fully saturated rings. The van der Waals surface area contributed by atoms with Crippen molar-refractivity contribution in [2.45, 2.75) is 24.4 Å². The molecule has 4 heterocycles. The predicted octanol–water partition coefficient (Wildman–Crippen LogP) is 3.20. The molecule has 0 spiro atoms. The molecule has 2 atom stereocenters. The van der Waals surface area contributed by atoms with Gasteiger partial charge in [0.2, 0.25) is 0 Å². The summed E-state index contributed by atoms with van der Waals surface area (Å²) in [6.45, 7) is 0. The van der Waals surface area contributed by atoms with Gasteiger partial charge in [-0.05, 0) is 42.0 Å². The number of halogens is 3. The van der Waals surface area contributed by atoms with Crippen LogP contribution in [0.3, 0.4) is 0 Å². The van der Waals surface area contributed by atoms with Crippen LogP contribution in [0.1, 0.15) is 35.1 Å². The topological polar surface area (TPSA) is 122 Å². The fourth-order valence-corrected chi connectivity index (χ4v) is 4.24. The summed E-state index contributed by atoms with van der Waals surface area (Å²) in [6, 6.07) is 6.42. The van der Waals surface area contributed by atoms with Crippen LogP contribution in [0.2, 0.25) is 0 Å². The second-order valence-corrected chi connectivity index (χ2v) is 7.90.